The summed E-state index contributed by atoms with van der Waals surface area (Å²) in [6, 6.07) is 20.2. The van der Waals surface area contributed by atoms with Crippen LogP contribution in [0, 0.1) is 0 Å². The molecule has 4 rings (SSSR count). The maximum Gasteiger partial charge on any atom is 0.323 e. The van der Waals surface area contributed by atoms with E-state index in [2.05, 4.69) is 21.7 Å². The van der Waals surface area contributed by atoms with E-state index in [0.29, 0.717) is 21.4 Å². The zero-order valence-electron chi connectivity index (χ0n) is 15.0. The second kappa shape index (κ2) is 8.66. The number of nitrogens with zero attached hydrogens (tertiary/aromatic N) is 1. The number of thiazole rings is 1. The van der Waals surface area contributed by atoms with Crippen molar-refractivity contribution in [2.45, 2.75) is 0 Å². The molecular weight excluding hydrogens is 425 g/mol. The average molecular weight is 440 g/mol. The maximum absolute atomic E-state index is 12.1. The minimum absolute atomic E-state index is 0.360. The SMILES string of the molecule is O=C(Nc1ccc(/C=C/c2nc3ccccc3s2)cc1)Nc1ccc(Cl)c(Cl)c1. The first-order chi connectivity index (χ1) is 14.1. The summed E-state index contributed by atoms with van der Waals surface area (Å²) in [5, 5.41) is 7.27. The van der Waals surface area contributed by atoms with Gasteiger partial charge >= 0.3 is 6.03 Å². The highest BCUT2D eigenvalue weighted by Crippen LogP contribution is 2.25. The number of amides is 2. The standard InChI is InChI=1S/C22H15Cl2N3OS/c23-17-11-10-16(13-18(17)24)26-22(28)25-15-8-5-14(6-9-15)7-12-21-27-19-3-1-2-4-20(19)29-21/h1-13H,(H2,25,26,28)/b12-7+. The molecule has 0 aliphatic heterocycles. The summed E-state index contributed by atoms with van der Waals surface area (Å²) in [5.41, 5.74) is 3.26. The van der Waals surface area contributed by atoms with Crippen molar-refractivity contribution in [1.29, 1.82) is 0 Å². The summed E-state index contributed by atoms with van der Waals surface area (Å²) >= 11 is 13.5. The third kappa shape index (κ3) is 4.95. The van der Waals surface area contributed by atoms with Gasteiger partial charge < -0.3 is 10.6 Å². The molecule has 0 radical (unpaired) electrons. The molecule has 0 atom stereocenters. The summed E-state index contributed by atoms with van der Waals surface area (Å²) in [7, 11) is 0. The summed E-state index contributed by atoms with van der Waals surface area (Å²) < 4.78 is 1.17. The van der Waals surface area contributed by atoms with E-state index in [9.17, 15) is 4.79 Å². The first-order valence-corrected chi connectivity index (χ1v) is 10.3. The number of fused-ring (bicyclic) bond motifs is 1. The van der Waals surface area contributed by atoms with Gasteiger partial charge in [-0.1, -0.05) is 53.5 Å². The van der Waals surface area contributed by atoms with Gasteiger partial charge in [0.15, 0.2) is 0 Å². The van der Waals surface area contributed by atoms with Gasteiger partial charge in [0.2, 0.25) is 0 Å². The Kier molecular flexibility index (Phi) is 5.81. The number of halogens is 2. The van der Waals surface area contributed by atoms with Crippen LogP contribution in [-0.4, -0.2) is 11.0 Å². The number of aromatic nitrogens is 1. The lowest BCUT2D eigenvalue weighted by atomic mass is 10.2. The minimum Gasteiger partial charge on any atom is -0.308 e. The predicted octanol–water partition coefficient (Wildman–Crippen LogP) is 7.42. The highest BCUT2D eigenvalue weighted by atomic mass is 35.5. The van der Waals surface area contributed by atoms with E-state index >= 15 is 0 Å². The first-order valence-electron chi connectivity index (χ1n) is 8.73. The Morgan fingerprint density at radius 3 is 2.34 bits per heavy atom. The number of nitrogens with one attached hydrogen (secondary N) is 2. The van der Waals surface area contributed by atoms with Crippen LogP contribution in [0.1, 0.15) is 10.6 Å². The number of carbonyl (C=O) groups is 1. The molecule has 2 amide bonds. The van der Waals surface area contributed by atoms with Crippen LogP contribution in [0.2, 0.25) is 10.0 Å². The Balaban J connectivity index is 1.38. The molecule has 7 heteroatoms. The van der Waals surface area contributed by atoms with Crippen molar-refractivity contribution in [2.24, 2.45) is 0 Å². The van der Waals surface area contributed by atoms with Gasteiger partial charge in [0, 0.05) is 11.4 Å². The van der Waals surface area contributed by atoms with Gasteiger partial charge in [0.1, 0.15) is 5.01 Å². The Bertz CT molecular complexity index is 1170. The number of anilines is 2. The van der Waals surface area contributed by atoms with Crippen LogP contribution < -0.4 is 10.6 Å². The molecular formula is C22H15Cl2N3OS. The second-order valence-electron chi connectivity index (χ2n) is 6.18. The summed E-state index contributed by atoms with van der Waals surface area (Å²) in [6.07, 6.45) is 3.99. The van der Waals surface area contributed by atoms with Gasteiger partial charge in [-0.2, -0.15) is 0 Å². The minimum atomic E-state index is -0.360. The summed E-state index contributed by atoms with van der Waals surface area (Å²) in [4.78, 5) is 16.7. The first kappa shape index (κ1) is 19.5. The maximum atomic E-state index is 12.1. The molecule has 0 saturated heterocycles. The number of hydrogen-bond donors (Lipinski definition) is 2. The zero-order chi connectivity index (χ0) is 20.2. The van der Waals surface area contributed by atoms with E-state index in [1.807, 2.05) is 54.6 Å². The normalized spacial score (nSPS) is 11.1. The van der Waals surface area contributed by atoms with Crippen LogP contribution in [0.3, 0.4) is 0 Å². The number of benzene rings is 3. The van der Waals surface area contributed by atoms with Crippen molar-refractivity contribution < 1.29 is 4.79 Å². The number of carbonyl (C=O) groups excluding carboxylic acids is 1. The van der Waals surface area contributed by atoms with Gasteiger partial charge in [0.05, 0.1) is 20.3 Å². The molecule has 1 heterocycles. The summed E-state index contributed by atoms with van der Waals surface area (Å²) in [6.45, 7) is 0. The van der Waals surface area contributed by atoms with Crippen LogP contribution >= 0.6 is 34.5 Å². The molecule has 0 saturated carbocycles. The fourth-order valence-electron chi connectivity index (χ4n) is 2.67. The van der Waals surface area contributed by atoms with Crippen molar-refractivity contribution in [3.63, 3.8) is 0 Å². The molecule has 4 aromatic rings. The van der Waals surface area contributed by atoms with Crippen molar-refractivity contribution >= 4 is 74.3 Å². The van der Waals surface area contributed by atoms with Gasteiger partial charge in [-0.25, -0.2) is 9.78 Å². The van der Waals surface area contributed by atoms with Crippen LogP contribution in [0.5, 0.6) is 0 Å². The van der Waals surface area contributed by atoms with E-state index in [1.165, 1.54) is 4.70 Å². The smallest absolute Gasteiger partial charge is 0.308 e. The van der Waals surface area contributed by atoms with E-state index in [-0.39, 0.29) is 6.03 Å². The molecule has 0 fully saturated rings. The molecule has 29 heavy (non-hydrogen) atoms. The molecule has 0 aliphatic carbocycles. The van der Waals surface area contributed by atoms with E-state index in [4.69, 9.17) is 23.2 Å². The Labute approximate surface area is 181 Å². The highest BCUT2D eigenvalue weighted by molar-refractivity contribution is 7.19. The van der Waals surface area contributed by atoms with Crippen LogP contribution in [0.15, 0.2) is 66.7 Å². The molecule has 0 bridgehead atoms. The second-order valence-corrected chi connectivity index (χ2v) is 8.06. The fraction of sp³-hybridized carbons (Fsp3) is 0. The number of rotatable bonds is 4. The topological polar surface area (TPSA) is 54.0 Å². The predicted molar refractivity (Wildman–Crippen MR) is 124 cm³/mol. The molecule has 2 N–H and O–H groups in total. The monoisotopic (exact) mass is 439 g/mol. The third-order valence-electron chi connectivity index (χ3n) is 4.07. The molecule has 0 aliphatic rings. The number of urea groups is 1. The van der Waals surface area contributed by atoms with Gasteiger partial charge in [-0.05, 0) is 54.1 Å². The highest BCUT2D eigenvalue weighted by Gasteiger charge is 2.05. The van der Waals surface area contributed by atoms with E-state index < -0.39 is 0 Å². The lowest BCUT2D eigenvalue weighted by Gasteiger charge is -2.08. The Hall–Kier alpha value is -2.86. The quantitative estimate of drug-likeness (QED) is 0.347. The lowest BCUT2D eigenvalue weighted by molar-refractivity contribution is 0.262. The van der Waals surface area contributed by atoms with E-state index in [0.717, 1.165) is 16.1 Å². The number of para-hydroxylation sites is 1. The average Bonchev–Trinajstić information content (AvgIpc) is 3.13. The Morgan fingerprint density at radius 1 is 0.862 bits per heavy atom. The van der Waals surface area contributed by atoms with Gasteiger partial charge in [0.25, 0.3) is 0 Å². The van der Waals surface area contributed by atoms with Crippen LogP contribution in [0.25, 0.3) is 22.4 Å². The summed E-state index contributed by atoms with van der Waals surface area (Å²) in [5.74, 6) is 0. The molecule has 144 valence electrons. The molecule has 4 nitrogen and oxygen atoms in total. The number of hydrogen-bond acceptors (Lipinski definition) is 3. The van der Waals surface area contributed by atoms with Crippen molar-refractivity contribution in [2.75, 3.05) is 10.6 Å². The fourth-order valence-corrected chi connectivity index (χ4v) is 3.84. The van der Waals surface area contributed by atoms with Crippen LogP contribution in [-0.2, 0) is 0 Å². The van der Waals surface area contributed by atoms with Crippen LogP contribution in [0.4, 0.5) is 16.2 Å². The van der Waals surface area contributed by atoms with Crippen molar-refractivity contribution in [1.82, 2.24) is 4.98 Å². The van der Waals surface area contributed by atoms with Gasteiger partial charge in [-0.3, -0.25) is 0 Å². The lowest BCUT2D eigenvalue weighted by Crippen LogP contribution is -2.19. The van der Waals surface area contributed by atoms with Crippen molar-refractivity contribution in [3.8, 4) is 0 Å². The third-order valence-corrected chi connectivity index (χ3v) is 5.82. The largest absolute Gasteiger partial charge is 0.323 e. The van der Waals surface area contributed by atoms with Crippen molar-refractivity contribution in [3.05, 3.63) is 87.3 Å². The molecule has 0 spiro atoms. The van der Waals surface area contributed by atoms with Gasteiger partial charge in [-0.15, -0.1) is 11.3 Å². The Morgan fingerprint density at radius 2 is 1.59 bits per heavy atom. The molecule has 1 aromatic heterocycles. The zero-order valence-corrected chi connectivity index (χ0v) is 17.4. The molecule has 3 aromatic carbocycles. The molecule has 0 unspecified atom stereocenters. The van der Waals surface area contributed by atoms with E-state index in [1.54, 1.807) is 29.5 Å².